The van der Waals surface area contributed by atoms with Crippen molar-refractivity contribution in [3.8, 4) is 0 Å². The van der Waals surface area contributed by atoms with E-state index < -0.39 is 0 Å². The molecule has 0 aromatic heterocycles. The third kappa shape index (κ3) is 8.82. The zero-order valence-electron chi connectivity index (χ0n) is 15.7. The summed E-state index contributed by atoms with van der Waals surface area (Å²) in [5, 5.41) is 6.89. The van der Waals surface area contributed by atoms with E-state index >= 15 is 0 Å². The van der Waals surface area contributed by atoms with Crippen molar-refractivity contribution in [2.45, 2.75) is 38.4 Å². The highest BCUT2D eigenvalue weighted by Gasteiger charge is 2.19. The summed E-state index contributed by atoms with van der Waals surface area (Å²) < 4.78 is 5.35. The molecule has 136 valence electrons. The van der Waals surface area contributed by atoms with E-state index in [-0.39, 0.29) is 4.75 Å². The fourth-order valence-electron chi connectivity index (χ4n) is 2.55. The number of aliphatic imine (C=N–C) groups is 1. The molecule has 0 bridgehead atoms. The molecule has 0 saturated carbocycles. The lowest BCUT2D eigenvalue weighted by Gasteiger charge is -2.32. The standard InChI is InChI=1S/C17H36N4OS/c1-6-18-16(20-14-17(2,3)23-5)19-13-15-7-9-21(10-8-15)11-12-22-4/h15H,6-14H2,1-5H3,(H2,18,19,20). The van der Waals surface area contributed by atoms with Crippen LogP contribution < -0.4 is 10.6 Å². The minimum Gasteiger partial charge on any atom is -0.383 e. The van der Waals surface area contributed by atoms with E-state index in [1.807, 2.05) is 11.8 Å². The molecular formula is C17H36N4OS. The van der Waals surface area contributed by atoms with Gasteiger partial charge in [-0.1, -0.05) is 0 Å². The van der Waals surface area contributed by atoms with Gasteiger partial charge in [0.15, 0.2) is 5.96 Å². The van der Waals surface area contributed by atoms with Gasteiger partial charge in [0.2, 0.25) is 0 Å². The van der Waals surface area contributed by atoms with E-state index in [4.69, 9.17) is 9.73 Å². The molecule has 0 aliphatic carbocycles. The van der Waals surface area contributed by atoms with Crippen molar-refractivity contribution in [3.63, 3.8) is 0 Å². The van der Waals surface area contributed by atoms with Gasteiger partial charge in [-0.05, 0) is 58.9 Å². The number of nitrogens with one attached hydrogen (secondary N) is 2. The molecule has 0 amide bonds. The Morgan fingerprint density at radius 1 is 1.30 bits per heavy atom. The van der Waals surface area contributed by atoms with Crippen LogP contribution >= 0.6 is 11.8 Å². The molecular weight excluding hydrogens is 308 g/mol. The first-order valence-corrected chi connectivity index (χ1v) is 10.0. The first kappa shape index (κ1) is 20.6. The minimum absolute atomic E-state index is 0.190. The summed E-state index contributed by atoms with van der Waals surface area (Å²) in [5.41, 5.74) is 0. The van der Waals surface area contributed by atoms with Crippen molar-refractivity contribution < 1.29 is 4.74 Å². The van der Waals surface area contributed by atoms with Gasteiger partial charge >= 0.3 is 0 Å². The Kier molecular flexibility index (Phi) is 9.99. The average molecular weight is 345 g/mol. The van der Waals surface area contributed by atoms with Crippen molar-refractivity contribution in [1.82, 2.24) is 15.5 Å². The molecule has 0 unspecified atom stereocenters. The van der Waals surface area contributed by atoms with E-state index in [0.717, 1.165) is 44.7 Å². The average Bonchev–Trinajstić information content (AvgIpc) is 2.56. The van der Waals surface area contributed by atoms with E-state index in [1.54, 1.807) is 7.11 Å². The molecule has 23 heavy (non-hydrogen) atoms. The molecule has 1 rings (SSSR count). The van der Waals surface area contributed by atoms with Crippen LogP contribution in [0.3, 0.4) is 0 Å². The maximum atomic E-state index is 5.16. The number of hydrogen-bond donors (Lipinski definition) is 2. The van der Waals surface area contributed by atoms with E-state index in [0.29, 0.717) is 0 Å². The molecule has 1 aliphatic heterocycles. The number of nitrogens with zero attached hydrogens (tertiary/aromatic N) is 2. The summed E-state index contributed by atoms with van der Waals surface area (Å²) in [6.07, 6.45) is 4.66. The lowest BCUT2D eigenvalue weighted by atomic mass is 9.97. The van der Waals surface area contributed by atoms with Crippen molar-refractivity contribution in [1.29, 1.82) is 0 Å². The Morgan fingerprint density at radius 3 is 2.57 bits per heavy atom. The second-order valence-corrected chi connectivity index (χ2v) is 8.33. The van der Waals surface area contributed by atoms with Gasteiger partial charge in [0.1, 0.15) is 0 Å². The van der Waals surface area contributed by atoms with Crippen LogP contribution in [0, 0.1) is 5.92 Å². The van der Waals surface area contributed by atoms with Crippen LogP contribution in [-0.4, -0.2) is 74.8 Å². The van der Waals surface area contributed by atoms with E-state index in [2.05, 4.69) is 42.6 Å². The lowest BCUT2D eigenvalue weighted by Crippen LogP contribution is -2.43. The first-order valence-electron chi connectivity index (χ1n) is 8.79. The van der Waals surface area contributed by atoms with Crippen molar-refractivity contribution >= 4 is 17.7 Å². The van der Waals surface area contributed by atoms with Crippen molar-refractivity contribution in [2.75, 3.05) is 59.2 Å². The lowest BCUT2D eigenvalue weighted by molar-refractivity contribution is 0.121. The fourth-order valence-corrected chi connectivity index (χ4v) is 2.74. The second-order valence-electron chi connectivity index (χ2n) is 6.82. The van der Waals surface area contributed by atoms with Gasteiger partial charge in [-0.3, -0.25) is 4.99 Å². The molecule has 0 radical (unpaired) electrons. The summed E-state index contributed by atoms with van der Waals surface area (Å²) in [6.45, 7) is 13.6. The highest BCUT2D eigenvalue weighted by molar-refractivity contribution is 7.99. The Labute approximate surface area is 147 Å². The van der Waals surface area contributed by atoms with Gasteiger partial charge in [0, 0.05) is 31.5 Å². The van der Waals surface area contributed by atoms with Crippen LogP contribution in [0.2, 0.25) is 0 Å². The van der Waals surface area contributed by atoms with Crippen LogP contribution in [0.25, 0.3) is 0 Å². The Hall–Kier alpha value is -0.460. The van der Waals surface area contributed by atoms with Crippen LogP contribution in [0.5, 0.6) is 0 Å². The number of thioether (sulfide) groups is 1. The summed E-state index contributed by atoms with van der Waals surface area (Å²) >= 11 is 1.86. The van der Waals surface area contributed by atoms with Crippen molar-refractivity contribution in [2.24, 2.45) is 10.9 Å². The van der Waals surface area contributed by atoms with Crippen LogP contribution in [0.15, 0.2) is 4.99 Å². The molecule has 5 nitrogen and oxygen atoms in total. The number of hydrogen-bond acceptors (Lipinski definition) is 4. The summed E-state index contributed by atoms with van der Waals surface area (Å²) in [4.78, 5) is 7.24. The van der Waals surface area contributed by atoms with Crippen LogP contribution in [-0.2, 0) is 4.74 Å². The molecule has 0 atom stereocenters. The molecule has 0 aromatic rings. The first-order chi connectivity index (χ1) is 11.0. The van der Waals surface area contributed by atoms with Gasteiger partial charge in [0.25, 0.3) is 0 Å². The van der Waals surface area contributed by atoms with Gasteiger partial charge < -0.3 is 20.3 Å². The quantitative estimate of drug-likeness (QED) is 0.495. The number of rotatable bonds is 9. The normalized spacial score (nSPS) is 18.2. The molecule has 0 aromatic carbocycles. The minimum atomic E-state index is 0.190. The molecule has 6 heteroatoms. The molecule has 1 aliphatic rings. The summed E-state index contributed by atoms with van der Waals surface area (Å²) in [6, 6.07) is 0. The van der Waals surface area contributed by atoms with E-state index in [1.165, 1.54) is 25.9 Å². The Bertz CT molecular complexity index is 341. The highest BCUT2D eigenvalue weighted by Crippen LogP contribution is 2.21. The number of piperidine rings is 1. The van der Waals surface area contributed by atoms with Crippen LogP contribution in [0.1, 0.15) is 33.6 Å². The SMILES string of the molecule is CCNC(=NCC(C)(C)SC)NCC1CCN(CCOC)CC1. The third-order valence-corrected chi connectivity index (χ3v) is 5.63. The summed E-state index contributed by atoms with van der Waals surface area (Å²) in [5.74, 6) is 1.70. The molecule has 1 saturated heterocycles. The third-order valence-electron chi connectivity index (χ3n) is 4.39. The van der Waals surface area contributed by atoms with Crippen molar-refractivity contribution in [3.05, 3.63) is 0 Å². The molecule has 1 fully saturated rings. The smallest absolute Gasteiger partial charge is 0.191 e. The fraction of sp³-hybridized carbons (Fsp3) is 0.941. The zero-order chi connectivity index (χ0) is 17.1. The van der Waals surface area contributed by atoms with Crippen LogP contribution in [0.4, 0.5) is 0 Å². The molecule has 2 N–H and O–H groups in total. The summed E-state index contributed by atoms with van der Waals surface area (Å²) in [7, 11) is 1.77. The number of guanidine groups is 1. The second kappa shape index (κ2) is 11.2. The Balaban J connectivity index is 2.34. The zero-order valence-corrected chi connectivity index (χ0v) is 16.5. The van der Waals surface area contributed by atoms with Gasteiger partial charge in [-0.2, -0.15) is 11.8 Å². The Morgan fingerprint density at radius 2 is 2.00 bits per heavy atom. The van der Waals surface area contributed by atoms with Gasteiger partial charge in [-0.25, -0.2) is 0 Å². The van der Waals surface area contributed by atoms with Gasteiger partial charge in [0.05, 0.1) is 13.2 Å². The van der Waals surface area contributed by atoms with E-state index in [9.17, 15) is 0 Å². The highest BCUT2D eigenvalue weighted by atomic mass is 32.2. The maximum Gasteiger partial charge on any atom is 0.191 e. The maximum absolute atomic E-state index is 5.16. The number of ether oxygens (including phenoxy) is 1. The predicted octanol–water partition coefficient (Wildman–Crippen LogP) is 2.04. The number of methoxy groups -OCH3 is 1. The molecule has 0 spiro atoms. The number of likely N-dealkylation sites (tertiary alicyclic amines) is 1. The molecule has 1 heterocycles. The van der Waals surface area contributed by atoms with Gasteiger partial charge in [-0.15, -0.1) is 0 Å². The monoisotopic (exact) mass is 344 g/mol. The predicted molar refractivity (Wildman–Crippen MR) is 103 cm³/mol. The topological polar surface area (TPSA) is 48.9 Å². The largest absolute Gasteiger partial charge is 0.383 e.